The minimum absolute atomic E-state index is 0.0798. The maximum atomic E-state index is 13.9. The van der Waals surface area contributed by atoms with E-state index in [4.69, 9.17) is 23.2 Å². The van der Waals surface area contributed by atoms with Crippen molar-refractivity contribution in [2.24, 2.45) is 0 Å². The van der Waals surface area contributed by atoms with Gasteiger partial charge in [-0.3, -0.25) is 13.9 Å². The Labute approximate surface area is 241 Å². The highest BCUT2D eigenvalue weighted by Gasteiger charge is 2.33. The summed E-state index contributed by atoms with van der Waals surface area (Å²) in [6, 6.07) is 20.2. The Kier molecular flexibility index (Phi) is 10.6. The Morgan fingerprint density at radius 3 is 2.24 bits per heavy atom. The molecule has 3 rings (SSSR count). The minimum atomic E-state index is -3.94. The van der Waals surface area contributed by atoms with Crippen LogP contribution in [0, 0.1) is 0 Å². The van der Waals surface area contributed by atoms with Crippen LogP contribution in [0.25, 0.3) is 0 Å². The summed E-state index contributed by atoms with van der Waals surface area (Å²) in [6.07, 6.45) is 1.23. The second kappa shape index (κ2) is 13.5. The van der Waals surface area contributed by atoms with Crippen molar-refractivity contribution >= 4 is 66.7 Å². The van der Waals surface area contributed by atoms with Crippen LogP contribution < -0.4 is 9.62 Å². The number of anilines is 1. The van der Waals surface area contributed by atoms with E-state index in [1.165, 1.54) is 23.1 Å². The number of benzene rings is 3. The van der Waals surface area contributed by atoms with Gasteiger partial charge >= 0.3 is 0 Å². The molecule has 1 atom stereocenters. The molecular weight excluding hydrogens is 613 g/mol. The predicted molar refractivity (Wildman–Crippen MR) is 156 cm³/mol. The molecule has 38 heavy (non-hydrogen) atoms. The number of hydrogen-bond donors (Lipinski definition) is 1. The van der Waals surface area contributed by atoms with Crippen molar-refractivity contribution < 1.29 is 18.0 Å². The van der Waals surface area contributed by atoms with E-state index in [1.807, 2.05) is 54.6 Å². The van der Waals surface area contributed by atoms with Gasteiger partial charge in [-0.2, -0.15) is 0 Å². The Bertz CT molecular complexity index is 1370. The summed E-state index contributed by atoms with van der Waals surface area (Å²) in [5, 5.41) is 3.20. The summed E-state index contributed by atoms with van der Waals surface area (Å²) in [7, 11) is -3.94. The molecule has 0 fully saturated rings. The smallest absolute Gasteiger partial charge is 0.244 e. The van der Waals surface area contributed by atoms with E-state index < -0.39 is 28.5 Å². The summed E-state index contributed by atoms with van der Waals surface area (Å²) in [6.45, 7) is 1.69. The third-order valence-electron chi connectivity index (χ3n) is 5.74. The number of nitrogens with one attached hydrogen (secondary N) is 1. The number of carbonyl (C=O) groups excluding carboxylic acids is 2. The third-order valence-corrected chi connectivity index (χ3v) is 7.95. The molecule has 0 saturated heterocycles. The zero-order valence-corrected chi connectivity index (χ0v) is 24.8. The lowest BCUT2D eigenvalue weighted by Gasteiger charge is -2.33. The molecule has 11 heteroatoms. The molecule has 0 aliphatic heterocycles. The van der Waals surface area contributed by atoms with Crippen LogP contribution in [-0.2, 0) is 32.6 Å². The molecule has 2 amide bonds. The lowest BCUT2D eigenvalue weighted by molar-refractivity contribution is -0.140. The highest BCUT2D eigenvalue weighted by Crippen LogP contribution is 2.31. The monoisotopic (exact) mass is 639 g/mol. The fourth-order valence-electron chi connectivity index (χ4n) is 3.90. The quantitative estimate of drug-likeness (QED) is 0.308. The molecule has 0 aromatic heterocycles. The average molecular weight is 641 g/mol. The van der Waals surface area contributed by atoms with E-state index >= 15 is 0 Å². The predicted octanol–water partition coefficient (Wildman–Crippen LogP) is 5.30. The van der Waals surface area contributed by atoms with Crippen LogP contribution in [0.4, 0.5) is 5.69 Å². The highest BCUT2D eigenvalue weighted by molar-refractivity contribution is 9.10. The summed E-state index contributed by atoms with van der Waals surface area (Å²) in [5.41, 5.74) is 1.71. The average Bonchev–Trinajstić information content (AvgIpc) is 2.87. The highest BCUT2D eigenvalue weighted by atomic mass is 79.9. The fourth-order valence-corrected chi connectivity index (χ4v) is 5.46. The molecule has 0 unspecified atom stereocenters. The lowest BCUT2D eigenvalue weighted by atomic mass is 10.0. The normalized spacial score (nSPS) is 12.0. The van der Waals surface area contributed by atoms with E-state index in [0.717, 1.165) is 26.2 Å². The second-order valence-corrected chi connectivity index (χ2v) is 12.3. The number of amides is 2. The Balaban J connectivity index is 2.06. The SMILES string of the molecule is CCNC(=O)[C@H](Cc1ccccc1)N(Cc1ccc(Br)cc1)C(=O)CN(c1cc(Cl)ccc1Cl)S(C)(=O)=O. The van der Waals surface area contributed by atoms with E-state index in [0.29, 0.717) is 6.54 Å². The topological polar surface area (TPSA) is 86.8 Å². The number of likely N-dealkylation sites (N-methyl/N-ethyl adjacent to an activating group) is 1. The van der Waals surface area contributed by atoms with E-state index in [-0.39, 0.29) is 34.6 Å². The second-order valence-electron chi connectivity index (χ2n) is 8.61. The van der Waals surface area contributed by atoms with Gasteiger partial charge in [0.1, 0.15) is 12.6 Å². The molecule has 0 radical (unpaired) electrons. The first-order chi connectivity index (χ1) is 18.0. The van der Waals surface area contributed by atoms with Crippen molar-refractivity contribution in [2.75, 3.05) is 23.7 Å². The van der Waals surface area contributed by atoms with Crippen molar-refractivity contribution in [3.8, 4) is 0 Å². The van der Waals surface area contributed by atoms with Crippen LogP contribution >= 0.6 is 39.1 Å². The van der Waals surface area contributed by atoms with Gasteiger partial charge in [-0.25, -0.2) is 8.42 Å². The van der Waals surface area contributed by atoms with E-state index in [1.54, 1.807) is 6.92 Å². The summed E-state index contributed by atoms with van der Waals surface area (Å²) < 4.78 is 27.4. The first kappa shape index (κ1) is 30.0. The minimum Gasteiger partial charge on any atom is -0.355 e. The van der Waals surface area contributed by atoms with Crippen molar-refractivity contribution in [3.05, 3.63) is 98.4 Å². The molecule has 0 heterocycles. The van der Waals surface area contributed by atoms with Gasteiger partial charge in [0.15, 0.2) is 0 Å². The largest absolute Gasteiger partial charge is 0.355 e. The van der Waals surface area contributed by atoms with Crippen LogP contribution in [0.2, 0.25) is 10.0 Å². The van der Waals surface area contributed by atoms with Gasteiger partial charge in [-0.1, -0.05) is 81.6 Å². The molecule has 0 aliphatic carbocycles. The Morgan fingerprint density at radius 1 is 0.974 bits per heavy atom. The van der Waals surface area contributed by atoms with E-state index in [2.05, 4.69) is 21.2 Å². The summed E-state index contributed by atoms with van der Waals surface area (Å²) in [5.74, 6) is -0.907. The Morgan fingerprint density at radius 2 is 1.63 bits per heavy atom. The first-order valence-electron chi connectivity index (χ1n) is 11.8. The molecular formula is C27H28BrCl2N3O4S. The fraction of sp³-hybridized carbons (Fsp3) is 0.259. The summed E-state index contributed by atoms with van der Waals surface area (Å²) >= 11 is 15.8. The van der Waals surface area contributed by atoms with Crippen molar-refractivity contribution in [2.45, 2.75) is 25.9 Å². The van der Waals surface area contributed by atoms with Crippen molar-refractivity contribution in [1.29, 1.82) is 0 Å². The van der Waals surface area contributed by atoms with Crippen LogP contribution in [0.3, 0.4) is 0 Å². The Hall–Kier alpha value is -2.59. The lowest BCUT2D eigenvalue weighted by Crippen LogP contribution is -2.53. The van der Waals surface area contributed by atoms with Gasteiger partial charge in [-0.15, -0.1) is 0 Å². The van der Waals surface area contributed by atoms with Crippen LogP contribution in [0.1, 0.15) is 18.1 Å². The standard InChI is InChI=1S/C27H28BrCl2N3O4S/c1-3-31-27(35)25(15-19-7-5-4-6-8-19)32(17-20-9-11-21(28)12-10-20)26(34)18-33(38(2,36)37)24-16-22(29)13-14-23(24)30/h4-14,16,25H,3,15,17-18H2,1-2H3,(H,31,35)/t25-/m0/s1. The van der Waals surface area contributed by atoms with Gasteiger partial charge in [0.2, 0.25) is 21.8 Å². The maximum Gasteiger partial charge on any atom is 0.244 e. The summed E-state index contributed by atoms with van der Waals surface area (Å²) in [4.78, 5) is 28.7. The van der Waals surface area contributed by atoms with Crippen LogP contribution in [0.5, 0.6) is 0 Å². The zero-order chi connectivity index (χ0) is 27.9. The number of hydrogen-bond acceptors (Lipinski definition) is 4. The first-order valence-corrected chi connectivity index (χ1v) is 15.2. The van der Waals surface area contributed by atoms with Gasteiger partial charge < -0.3 is 10.2 Å². The number of rotatable bonds is 11. The number of carbonyl (C=O) groups is 2. The molecule has 202 valence electrons. The number of halogens is 3. The van der Waals surface area contributed by atoms with Crippen LogP contribution in [0.15, 0.2) is 77.3 Å². The zero-order valence-electron chi connectivity index (χ0n) is 20.9. The molecule has 7 nitrogen and oxygen atoms in total. The van der Waals surface area contributed by atoms with Gasteiger partial charge in [0.25, 0.3) is 0 Å². The van der Waals surface area contributed by atoms with Gasteiger partial charge in [-0.05, 0) is 48.4 Å². The molecule has 0 spiro atoms. The molecule has 3 aromatic carbocycles. The molecule has 3 aromatic rings. The van der Waals surface area contributed by atoms with Crippen molar-refractivity contribution in [3.63, 3.8) is 0 Å². The maximum absolute atomic E-state index is 13.9. The third kappa shape index (κ3) is 8.20. The van der Waals surface area contributed by atoms with E-state index in [9.17, 15) is 18.0 Å². The number of nitrogens with zero attached hydrogens (tertiary/aromatic N) is 2. The molecule has 0 saturated carbocycles. The van der Waals surface area contributed by atoms with Gasteiger partial charge in [0, 0.05) is 29.0 Å². The molecule has 0 aliphatic rings. The molecule has 1 N–H and O–H groups in total. The van der Waals surface area contributed by atoms with Crippen molar-refractivity contribution in [1.82, 2.24) is 10.2 Å². The molecule has 0 bridgehead atoms. The van der Waals surface area contributed by atoms with Crippen LogP contribution in [-0.4, -0.2) is 50.5 Å². The van der Waals surface area contributed by atoms with Gasteiger partial charge in [0.05, 0.1) is 17.0 Å². The number of sulfonamides is 1.